The summed E-state index contributed by atoms with van der Waals surface area (Å²) in [6.07, 6.45) is 0.402. The topological polar surface area (TPSA) is 220 Å². The summed E-state index contributed by atoms with van der Waals surface area (Å²) in [7, 11) is 0. The van der Waals surface area contributed by atoms with Crippen molar-refractivity contribution in [2.75, 3.05) is 23.9 Å². The van der Waals surface area contributed by atoms with E-state index in [-0.39, 0.29) is 30.8 Å². The highest BCUT2D eigenvalue weighted by atomic mass is 32.2. The minimum absolute atomic E-state index is 0.112. The van der Waals surface area contributed by atoms with E-state index in [0.29, 0.717) is 5.25 Å². The molecule has 2 aromatic carbocycles. The number of amides is 4. The summed E-state index contributed by atoms with van der Waals surface area (Å²) in [6, 6.07) is 5.70. The Hall–Kier alpha value is -3.79. The molecule has 0 bridgehead atoms. The van der Waals surface area contributed by atoms with Gasteiger partial charge in [0.25, 0.3) is 0 Å². The molecule has 0 radical (unpaired) electrons. The molecule has 3 rings (SSSR count). The Labute approximate surface area is 301 Å². The van der Waals surface area contributed by atoms with Gasteiger partial charge in [0.1, 0.15) is 29.4 Å². The SMILES string of the molecule is Cc1cc(O)cc(C)c1CC(N)C(=O)N[C@H](CSCCSC(C)C)C(=O)NC1(C(=O)N[C@H](C)C(=O)N[C@@H](CO)C(=O)O)Cc2ccccc2C1. The van der Waals surface area contributed by atoms with Gasteiger partial charge in [-0.15, -0.1) is 0 Å². The molecule has 1 aliphatic carbocycles. The van der Waals surface area contributed by atoms with Crippen LogP contribution in [0.2, 0.25) is 0 Å². The average Bonchev–Trinajstić information content (AvgIpc) is 3.43. The molecule has 0 aliphatic heterocycles. The molecule has 13 nitrogen and oxygen atoms in total. The van der Waals surface area contributed by atoms with Crippen molar-refractivity contribution >= 4 is 53.1 Å². The predicted octanol–water partition coefficient (Wildman–Crippen LogP) is 0.959. The van der Waals surface area contributed by atoms with Gasteiger partial charge in [0.05, 0.1) is 12.6 Å². The Morgan fingerprint density at radius 3 is 2.00 bits per heavy atom. The number of aliphatic hydroxyl groups is 1. The van der Waals surface area contributed by atoms with E-state index in [0.717, 1.165) is 39.3 Å². The number of phenolic OH excluding ortho intramolecular Hbond substituents is 1. The molecular weight excluding hydrogens is 683 g/mol. The summed E-state index contributed by atoms with van der Waals surface area (Å²) >= 11 is 3.26. The van der Waals surface area contributed by atoms with Gasteiger partial charge in [0.2, 0.25) is 23.6 Å². The van der Waals surface area contributed by atoms with Gasteiger partial charge in [0.15, 0.2) is 0 Å². The molecule has 1 unspecified atom stereocenters. The van der Waals surface area contributed by atoms with E-state index in [2.05, 4.69) is 35.1 Å². The summed E-state index contributed by atoms with van der Waals surface area (Å²) in [5.74, 6) is -2.20. The van der Waals surface area contributed by atoms with E-state index in [4.69, 9.17) is 5.73 Å². The van der Waals surface area contributed by atoms with E-state index in [1.807, 2.05) is 38.1 Å². The quantitative estimate of drug-likeness (QED) is 0.101. The van der Waals surface area contributed by atoms with Crippen LogP contribution < -0.4 is 27.0 Å². The lowest BCUT2D eigenvalue weighted by Gasteiger charge is -2.32. The Morgan fingerprint density at radius 1 is 0.880 bits per heavy atom. The maximum absolute atomic E-state index is 14.1. The number of thioether (sulfide) groups is 2. The van der Waals surface area contributed by atoms with Crippen molar-refractivity contribution in [3.8, 4) is 5.75 Å². The highest BCUT2D eigenvalue weighted by Crippen LogP contribution is 2.31. The van der Waals surface area contributed by atoms with Crippen molar-refractivity contribution in [2.45, 2.75) is 88.8 Å². The number of nitrogens with one attached hydrogen (secondary N) is 4. The first-order valence-electron chi connectivity index (χ1n) is 16.4. The van der Waals surface area contributed by atoms with Gasteiger partial charge in [0, 0.05) is 30.1 Å². The van der Waals surface area contributed by atoms with Gasteiger partial charge >= 0.3 is 5.97 Å². The fraction of sp³-hybridized carbons (Fsp3) is 0.514. The van der Waals surface area contributed by atoms with Crippen LogP contribution in [0.15, 0.2) is 36.4 Å². The van der Waals surface area contributed by atoms with E-state index in [1.165, 1.54) is 18.7 Å². The van der Waals surface area contributed by atoms with Crippen molar-refractivity contribution < 1.29 is 39.3 Å². The first-order chi connectivity index (χ1) is 23.6. The molecule has 2 aromatic rings. The maximum Gasteiger partial charge on any atom is 0.328 e. The van der Waals surface area contributed by atoms with Crippen molar-refractivity contribution in [2.24, 2.45) is 5.73 Å². The molecule has 0 saturated carbocycles. The number of hydrogen-bond acceptors (Lipinski definition) is 10. The number of nitrogens with two attached hydrogens (primary N) is 1. The van der Waals surface area contributed by atoms with E-state index in [1.54, 1.807) is 23.9 Å². The summed E-state index contributed by atoms with van der Waals surface area (Å²) < 4.78 is 0. The van der Waals surface area contributed by atoms with Crippen molar-refractivity contribution in [1.29, 1.82) is 0 Å². The molecule has 0 spiro atoms. The summed E-state index contributed by atoms with van der Waals surface area (Å²) in [5.41, 5.74) is 8.86. The molecule has 274 valence electrons. The number of aliphatic hydroxyl groups excluding tert-OH is 1. The second-order valence-corrected chi connectivity index (χ2v) is 15.7. The highest BCUT2D eigenvalue weighted by Gasteiger charge is 2.47. The third-order valence-electron chi connectivity index (χ3n) is 8.48. The van der Waals surface area contributed by atoms with Crippen LogP contribution in [0.4, 0.5) is 0 Å². The number of aliphatic carboxylic acids is 1. The summed E-state index contributed by atoms with van der Waals surface area (Å²) in [5, 5.41) is 39.4. The Bertz CT molecular complexity index is 1510. The normalized spacial score (nSPS) is 15.7. The van der Waals surface area contributed by atoms with Gasteiger partial charge < -0.3 is 42.3 Å². The lowest BCUT2D eigenvalue weighted by Crippen LogP contribution is -2.65. The first kappa shape index (κ1) is 40.6. The second-order valence-electron chi connectivity index (χ2n) is 12.9. The molecule has 1 aliphatic rings. The molecule has 0 saturated heterocycles. The standard InChI is InChI=1S/C35H49N5O8S2/c1-19(2)50-11-10-49-18-29(39-31(44)27(36)14-26-20(3)12-25(42)13-21(26)4)32(45)40-35(15-23-8-6-7-9-24(23)16-35)34(48)37-22(5)30(43)38-28(17-41)33(46)47/h6-9,12-13,19,22,27-29,41-42H,10-11,14-18,36H2,1-5H3,(H,37,48)(H,38,43)(H,39,44)(H,40,45)(H,46,47)/t22-,27?,28+,29-/m1/s1. The molecule has 0 aromatic heterocycles. The minimum atomic E-state index is -1.56. The number of aromatic hydroxyl groups is 1. The van der Waals surface area contributed by atoms with Crippen molar-refractivity contribution in [3.63, 3.8) is 0 Å². The Balaban J connectivity index is 1.83. The monoisotopic (exact) mass is 731 g/mol. The van der Waals surface area contributed by atoms with E-state index >= 15 is 0 Å². The number of phenols is 1. The van der Waals surface area contributed by atoms with Gasteiger partial charge in [-0.05, 0) is 72.4 Å². The molecule has 50 heavy (non-hydrogen) atoms. The molecular formula is C35H49N5O8S2. The number of rotatable bonds is 18. The number of fused-ring (bicyclic) bond motifs is 1. The minimum Gasteiger partial charge on any atom is -0.508 e. The molecule has 15 heteroatoms. The maximum atomic E-state index is 14.1. The van der Waals surface area contributed by atoms with Crippen LogP contribution in [0.1, 0.15) is 48.6 Å². The van der Waals surface area contributed by atoms with Crippen LogP contribution in [-0.4, -0.2) is 104 Å². The lowest BCUT2D eigenvalue weighted by molar-refractivity contribution is -0.143. The number of benzene rings is 2. The number of carboxylic acid groups (broad SMARTS) is 1. The van der Waals surface area contributed by atoms with Gasteiger partial charge in [-0.3, -0.25) is 19.2 Å². The van der Waals surface area contributed by atoms with E-state index in [9.17, 15) is 39.3 Å². The smallest absolute Gasteiger partial charge is 0.328 e. The van der Waals surface area contributed by atoms with Crippen LogP contribution >= 0.6 is 23.5 Å². The van der Waals surface area contributed by atoms with Crippen LogP contribution in [0, 0.1) is 13.8 Å². The van der Waals surface area contributed by atoms with Gasteiger partial charge in [-0.2, -0.15) is 23.5 Å². The molecule has 9 N–H and O–H groups in total. The molecule has 4 amide bonds. The second kappa shape index (κ2) is 18.4. The van der Waals surface area contributed by atoms with Crippen LogP contribution in [0.25, 0.3) is 0 Å². The predicted molar refractivity (Wildman–Crippen MR) is 195 cm³/mol. The van der Waals surface area contributed by atoms with Crippen molar-refractivity contribution in [1.82, 2.24) is 21.3 Å². The molecule has 0 heterocycles. The van der Waals surface area contributed by atoms with Crippen LogP contribution in [0.5, 0.6) is 5.75 Å². The Kier molecular flexibility index (Phi) is 15.0. The summed E-state index contributed by atoms with van der Waals surface area (Å²) in [6.45, 7) is 8.36. The number of carbonyl (C=O) groups excluding carboxylic acids is 4. The fourth-order valence-electron chi connectivity index (χ4n) is 5.74. The van der Waals surface area contributed by atoms with Crippen LogP contribution in [-0.2, 0) is 43.2 Å². The molecule has 4 atom stereocenters. The first-order valence-corrected chi connectivity index (χ1v) is 18.6. The summed E-state index contributed by atoms with van der Waals surface area (Å²) in [4.78, 5) is 65.6. The number of carboxylic acids is 1. The van der Waals surface area contributed by atoms with Crippen LogP contribution in [0.3, 0.4) is 0 Å². The zero-order valence-corrected chi connectivity index (χ0v) is 30.7. The average molecular weight is 732 g/mol. The largest absolute Gasteiger partial charge is 0.508 e. The third-order valence-corrected chi connectivity index (χ3v) is 10.9. The fourth-order valence-corrected chi connectivity index (χ4v) is 7.70. The zero-order valence-electron chi connectivity index (χ0n) is 29.1. The lowest BCUT2D eigenvalue weighted by atomic mass is 9.93. The number of aryl methyl sites for hydroxylation is 2. The van der Waals surface area contributed by atoms with Gasteiger partial charge in [-0.1, -0.05) is 38.1 Å². The number of carbonyl (C=O) groups is 5. The van der Waals surface area contributed by atoms with Crippen molar-refractivity contribution in [3.05, 3.63) is 64.2 Å². The number of hydrogen-bond donors (Lipinski definition) is 8. The molecule has 0 fully saturated rings. The van der Waals surface area contributed by atoms with E-state index < -0.39 is 65.9 Å². The Morgan fingerprint density at radius 2 is 1.46 bits per heavy atom. The highest BCUT2D eigenvalue weighted by molar-refractivity contribution is 8.03. The third kappa shape index (κ3) is 11.1. The van der Waals surface area contributed by atoms with Gasteiger partial charge in [-0.25, -0.2) is 4.79 Å². The zero-order chi connectivity index (χ0) is 37.2.